The van der Waals surface area contributed by atoms with Crippen molar-refractivity contribution >= 4 is 17.6 Å². The third-order valence-corrected chi connectivity index (χ3v) is 3.02. The zero-order valence-electron chi connectivity index (χ0n) is 9.88. The minimum atomic E-state index is -1.07. The molecule has 2 rings (SSSR count). The van der Waals surface area contributed by atoms with Gasteiger partial charge in [0.25, 0.3) is 0 Å². The normalized spacial score (nSPS) is 12.1. The predicted octanol–water partition coefficient (Wildman–Crippen LogP) is 3.29. The maximum Gasteiger partial charge on any atom is 0.311 e. The zero-order chi connectivity index (χ0) is 13.8. The number of hydrogen-bond donors (Lipinski definition) is 1. The van der Waals surface area contributed by atoms with E-state index in [0.29, 0.717) is 5.56 Å². The van der Waals surface area contributed by atoms with E-state index in [9.17, 15) is 14.3 Å². The van der Waals surface area contributed by atoms with Crippen LogP contribution in [-0.2, 0) is 11.2 Å². The summed E-state index contributed by atoms with van der Waals surface area (Å²) < 4.78 is 13.7. The third-order valence-electron chi connectivity index (χ3n) is 2.81. The number of aliphatic carboxylic acids is 1. The van der Waals surface area contributed by atoms with Gasteiger partial charge in [-0.15, -0.1) is 0 Å². The van der Waals surface area contributed by atoms with Crippen LogP contribution in [0.5, 0.6) is 0 Å². The Kier molecular flexibility index (Phi) is 4.12. The summed E-state index contributed by atoms with van der Waals surface area (Å²) in [5, 5.41) is 9.55. The van der Waals surface area contributed by atoms with Gasteiger partial charge in [-0.1, -0.05) is 29.8 Å². The second-order valence-corrected chi connectivity index (χ2v) is 4.49. The average Bonchev–Trinajstić information content (AvgIpc) is 2.37. The van der Waals surface area contributed by atoms with Crippen LogP contribution in [0.2, 0.25) is 5.15 Å². The van der Waals surface area contributed by atoms with Gasteiger partial charge in [-0.25, -0.2) is 9.37 Å². The highest BCUT2D eigenvalue weighted by Crippen LogP contribution is 2.24. The summed E-state index contributed by atoms with van der Waals surface area (Å²) in [6.45, 7) is 0. The number of aromatic nitrogens is 1. The lowest BCUT2D eigenvalue weighted by molar-refractivity contribution is -0.138. The van der Waals surface area contributed by atoms with Crippen molar-refractivity contribution in [1.82, 2.24) is 4.98 Å². The van der Waals surface area contributed by atoms with Gasteiger partial charge in [-0.2, -0.15) is 0 Å². The molecule has 0 aliphatic heterocycles. The van der Waals surface area contributed by atoms with E-state index in [1.807, 2.05) is 0 Å². The Bertz CT molecular complexity index is 604. The van der Waals surface area contributed by atoms with Crippen LogP contribution in [0, 0.1) is 5.82 Å². The van der Waals surface area contributed by atoms with Crippen LogP contribution in [0.4, 0.5) is 4.39 Å². The molecule has 1 heterocycles. The highest BCUT2D eigenvalue weighted by Gasteiger charge is 2.23. The summed E-state index contributed by atoms with van der Waals surface area (Å²) in [6, 6.07) is 9.14. The van der Waals surface area contributed by atoms with Gasteiger partial charge in [0.2, 0.25) is 0 Å². The molecule has 3 nitrogen and oxygen atoms in total. The molecule has 1 aromatic carbocycles. The Balaban J connectivity index is 2.32. The van der Waals surface area contributed by atoms with Crippen molar-refractivity contribution in [3.63, 3.8) is 0 Å². The standard InChI is InChI=1S/C14H11ClFNO2/c15-13-8-9(5-6-17-13)7-11(14(18)19)10-3-1-2-4-12(10)16/h1-6,8,11H,7H2,(H,18,19). The van der Waals surface area contributed by atoms with Crippen molar-refractivity contribution in [3.8, 4) is 0 Å². The number of nitrogens with zero attached hydrogens (tertiary/aromatic N) is 1. The van der Waals surface area contributed by atoms with Gasteiger partial charge in [-0.3, -0.25) is 4.79 Å². The molecule has 0 amide bonds. The maximum absolute atomic E-state index is 13.7. The van der Waals surface area contributed by atoms with Crippen LogP contribution in [0.15, 0.2) is 42.6 Å². The first-order valence-corrected chi connectivity index (χ1v) is 6.03. The molecule has 19 heavy (non-hydrogen) atoms. The van der Waals surface area contributed by atoms with E-state index < -0.39 is 17.7 Å². The minimum absolute atomic E-state index is 0.165. The number of hydrogen-bond acceptors (Lipinski definition) is 2. The summed E-state index contributed by atoms with van der Waals surface area (Å²) in [5.74, 6) is -2.53. The Morgan fingerprint density at radius 3 is 2.74 bits per heavy atom. The molecule has 1 unspecified atom stereocenters. The summed E-state index contributed by atoms with van der Waals surface area (Å²) in [7, 11) is 0. The van der Waals surface area contributed by atoms with E-state index in [-0.39, 0.29) is 17.1 Å². The molecule has 0 radical (unpaired) electrons. The van der Waals surface area contributed by atoms with Gasteiger partial charge in [0.15, 0.2) is 0 Å². The summed E-state index contributed by atoms with van der Waals surface area (Å²) in [4.78, 5) is 15.2. The van der Waals surface area contributed by atoms with Gasteiger partial charge in [0.1, 0.15) is 11.0 Å². The van der Waals surface area contributed by atoms with E-state index in [4.69, 9.17) is 11.6 Å². The molecular weight excluding hydrogens is 269 g/mol. The van der Waals surface area contributed by atoms with E-state index in [0.717, 1.165) is 0 Å². The van der Waals surface area contributed by atoms with Crippen molar-refractivity contribution in [1.29, 1.82) is 0 Å². The lowest BCUT2D eigenvalue weighted by Crippen LogP contribution is -2.16. The number of benzene rings is 1. The molecule has 2 aromatic rings. The van der Waals surface area contributed by atoms with Crippen LogP contribution in [0.25, 0.3) is 0 Å². The lowest BCUT2D eigenvalue weighted by atomic mass is 9.92. The van der Waals surface area contributed by atoms with Gasteiger partial charge in [0.05, 0.1) is 5.92 Å². The maximum atomic E-state index is 13.7. The number of halogens is 2. The first-order chi connectivity index (χ1) is 9.08. The molecule has 0 spiro atoms. The quantitative estimate of drug-likeness (QED) is 0.874. The predicted molar refractivity (Wildman–Crippen MR) is 69.7 cm³/mol. The molecule has 0 bridgehead atoms. The molecule has 1 aromatic heterocycles. The highest BCUT2D eigenvalue weighted by atomic mass is 35.5. The van der Waals surface area contributed by atoms with Crippen molar-refractivity contribution < 1.29 is 14.3 Å². The van der Waals surface area contributed by atoms with E-state index >= 15 is 0 Å². The molecule has 0 aliphatic carbocycles. The largest absolute Gasteiger partial charge is 0.481 e. The smallest absolute Gasteiger partial charge is 0.311 e. The Morgan fingerprint density at radius 2 is 2.11 bits per heavy atom. The monoisotopic (exact) mass is 279 g/mol. The molecule has 0 saturated carbocycles. The number of carboxylic acids is 1. The Morgan fingerprint density at radius 1 is 1.37 bits per heavy atom. The van der Waals surface area contributed by atoms with Crippen LogP contribution in [-0.4, -0.2) is 16.1 Å². The molecule has 0 fully saturated rings. The summed E-state index contributed by atoms with van der Waals surface area (Å²) in [6.07, 6.45) is 1.66. The fourth-order valence-corrected chi connectivity index (χ4v) is 2.09. The second kappa shape index (κ2) is 5.80. The number of carbonyl (C=O) groups is 1. The van der Waals surface area contributed by atoms with Gasteiger partial charge >= 0.3 is 5.97 Å². The fraction of sp³-hybridized carbons (Fsp3) is 0.143. The molecule has 98 valence electrons. The lowest BCUT2D eigenvalue weighted by Gasteiger charge is -2.13. The Labute approximate surface area is 114 Å². The van der Waals surface area contributed by atoms with Gasteiger partial charge < -0.3 is 5.11 Å². The van der Waals surface area contributed by atoms with E-state index in [1.165, 1.54) is 24.4 Å². The zero-order valence-corrected chi connectivity index (χ0v) is 10.6. The van der Waals surface area contributed by atoms with Crippen LogP contribution in [0.3, 0.4) is 0 Å². The van der Waals surface area contributed by atoms with E-state index in [1.54, 1.807) is 18.2 Å². The first-order valence-electron chi connectivity index (χ1n) is 5.65. The second-order valence-electron chi connectivity index (χ2n) is 4.10. The molecule has 5 heteroatoms. The van der Waals surface area contributed by atoms with Crippen LogP contribution < -0.4 is 0 Å². The highest BCUT2D eigenvalue weighted by molar-refractivity contribution is 6.29. The van der Waals surface area contributed by atoms with Crippen molar-refractivity contribution in [2.24, 2.45) is 0 Å². The number of pyridine rings is 1. The van der Waals surface area contributed by atoms with Crippen LogP contribution in [0.1, 0.15) is 17.0 Å². The fourth-order valence-electron chi connectivity index (χ4n) is 1.89. The molecule has 1 N–H and O–H groups in total. The number of carboxylic acid groups (broad SMARTS) is 1. The number of rotatable bonds is 4. The first kappa shape index (κ1) is 13.5. The molecule has 0 aliphatic rings. The summed E-state index contributed by atoms with van der Waals surface area (Å²) in [5.41, 5.74) is 0.874. The minimum Gasteiger partial charge on any atom is -0.481 e. The SMILES string of the molecule is O=C(O)C(Cc1ccnc(Cl)c1)c1ccccc1F. The van der Waals surface area contributed by atoms with Crippen molar-refractivity contribution in [3.05, 3.63) is 64.7 Å². The molecule has 1 atom stereocenters. The van der Waals surface area contributed by atoms with Crippen molar-refractivity contribution in [2.75, 3.05) is 0 Å². The molecular formula is C14H11ClFNO2. The van der Waals surface area contributed by atoms with E-state index in [2.05, 4.69) is 4.98 Å². The average molecular weight is 280 g/mol. The molecule has 0 saturated heterocycles. The Hall–Kier alpha value is -1.94. The summed E-state index contributed by atoms with van der Waals surface area (Å²) >= 11 is 5.75. The topological polar surface area (TPSA) is 50.2 Å². The third kappa shape index (κ3) is 3.29. The van der Waals surface area contributed by atoms with Gasteiger partial charge in [0, 0.05) is 11.8 Å². The van der Waals surface area contributed by atoms with Gasteiger partial charge in [-0.05, 0) is 30.2 Å². The van der Waals surface area contributed by atoms with Crippen molar-refractivity contribution in [2.45, 2.75) is 12.3 Å². The van der Waals surface area contributed by atoms with Crippen LogP contribution >= 0.6 is 11.6 Å².